The number of aromatic nitrogens is 2. The molecule has 4 rings (SSSR count). The summed E-state index contributed by atoms with van der Waals surface area (Å²) in [4.78, 5) is 9.37. The molecule has 1 aliphatic rings. The maximum absolute atomic E-state index is 13.1. The highest BCUT2D eigenvalue weighted by Crippen LogP contribution is 2.25. The molecule has 0 unspecified atom stereocenters. The summed E-state index contributed by atoms with van der Waals surface area (Å²) < 4.78 is 13.1. The lowest BCUT2D eigenvalue weighted by molar-refractivity contribution is 0.627. The van der Waals surface area contributed by atoms with E-state index >= 15 is 0 Å². The molecule has 2 N–H and O–H groups in total. The number of halogens is 1. The van der Waals surface area contributed by atoms with Crippen LogP contribution in [0.3, 0.4) is 0 Å². The van der Waals surface area contributed by atoms with Crippen LogP contribution in [0.1, 0.15) is 31.2 Å². The van der Waals surface area contributed by atoms with Crippen LogP contribution >= 0.6 is 0 Å². The van der Waals surface area contributed by atoms with Crippen molar-refractivity contribution in [1.82, 2.24) is 9.97 Å². The summed E-state index contributed by atoms with van der Waals surface area (Å²) >= 11 is 0. The summed E-state index contributed by atoms with van der Waals surface area (Å²) in [5.74, 6) is 1.19. The fourth-order valence-corrected chi connectivity index (χ4v) is 3.41. The quantitative estimate of drug-likeness (QED) is 0.629. The van der Waals surface area contributed by atoms with Crippen molar-refractivity contribution < 1.29 is 4.39 Å². The van der Waals surface area contributed by atoms with Crippen LogP contribution in [0.5, 0.6) is 0 Å². The molecular formula is C22H23FN4. The van der Waals surface area contributed by atoms with Crippen molar-refractivity contribution >= 4 is 11.8 Å². The van der Waals surface area contributed by atoms with Crippen LogP contribution < -0.4 is 10.6 Å². The van der Waals surface area contributed by atoms with Crippen LogP contribution in [0.4, 0.5) is 16.2 Å². The van der Waals surface area contributed by atoms with E-state index in [1.807, 2.05) is 36.4 Å². The summed E-state index contributed by atoms with van der Waals surface area (Å²) in [7, 11) is 0. The van der Waals surface area contributed by atoms with Crippen LogP contribution in [-0.4, -0.2) is 16.0 Å². The Morgan fingerprint density at radius 1 is 0.926 bits per heavy atom. The molecule has 0 atom stereocenters. The standard InChI is InChI=1S/C22H23FN4/c23-18-12-10-16(11-13-18)15-24-21-14-20(17-6-2-1-3-7-17)26-22(27-21)25-19-8-4-5-9-19/h1-3,6-7,10-14,19H,4-5,8-9,15H2,(H2,24,25,26,27). The summed E-state index contributed by atoms with van der Waals surface area (Å²) in [5.41, 5.74) is 2.94. The Morgan fingerprint density at radius 2 is 1.67 bits per heavy atom. The number of hydrogen-bond donors (Lipinski definition) is 2. The van der Waals surface area contributed by atoms with Crippen LogP contribution in [0, 0.1) is 5.82 Å². The Labute approximate surface area is 158 Å². The van der Waals surface area contributed by atoms with Crippen LogP contribution in [0.15, 0.2) is 60.7 Å². The normalized spacial score (nSPS) is 14.3. The second-order valence-electron chi connectivity index (χ2n) is 6.93. The zero-order valence-corrected chi connectivity index (χ0v) is 15.2. The average Bonchev–Trinajstić information content (AvgIpc) is 3.21. The van der Waals surface area contributed by atoms with E-state index in [4.69, 9.17) is 4.98 Å². The number of anilines is 2. The van der Waals surface area contributed by atoms with Gasteiger partial charge in [0.25, 0.3) is 0 Å². The second kappa shape index (κ2) is 8.16. The van der Waals surface area contributed by atoms with Crippen LogP contribution in [0.2, 0.25) is 0 Å². The highest BCUT2D eigenvalue weighted by atomic mass is 19.1. The smallest absolute Gasteiger partial charge is 0.225 e. The monoisotopic (exact) mass is 362 g/mol. The molecule has 1 saturated carbocycles. The molecule has 0 radical (unpaired) electrons. The van der Waals surface area contributed by atoms with Gasteiger partial charge in [-0.3, -0.25) is 0 Å². The fraction of sp³-hybridized carbons (Fsp3) is 0.273. The molecule has 1 heterocycles. The van der Waals surface area contributed by atoms with Gasteiger partial charge in [-0.05, 0) is 30.5 Å². The van der Waals surface area contributed by atoms with Crippen molar-refractivity contribution in [3.05, 3.63) is 72.0 Å². The molecule has 0 spiro atoms. The summed E-state index contributed by atoms with van der Waals surface area (Å²) in [6, 6.07) is 19.0. The van der Waals surface area contributed by atoms with Gasteiger partial charge in [0.1, 0.15) is 11.6 Å². The van der Waals surface area contributed by atoms with E-state index in [-0.39, 0.29) is 5.82 Å². The average molecular weight is 362 g/mol. The number of rotatable bonds is 6. The van der Waals surface area contributed by atoms with E-state index in [0.29, 0.717) is 18.5 Å². The van der Waals surface area contributed by atoms with Crippen molar-refractivity contribution in [2.75, 3.05) is 10.6 Å². The fourth-order valence-electron chi connectivity index (χ4n) is 3.41. The molecule has 3 aromatic rings. The van der Waals surface area contributed by atoms with Gasteiger partial charge in [0.15, 0.2) is 0 Å². The lowest BCUT2D eigenvalue weighted by atomic mass is 10.1. The topological polar surface area (TPSA) is 49.8 Å². The Morgan fingerprint density at radius 3 is 2.41 bits per heavy atom. The van der Waals surface area contributed by atoms with Gasteiger partial charge in [0.05, 0.1) is 5.69 Å². The summed E-state index contributed by atoms with van der Waals surface area (Å²) in [5, 5.41) is 6.83. The van der Waals surface area contributed by atoms with Crippen LogP contribution in [0.25, 0.3) is 11.3 Å². The molecule has 1 aliphatic carbocycles. The van der Waals surface area contributed by atoms with Crippen molar-refractivity contribution in [2.45, 2.75) is 38.3 Å². The van der Waals surface area contributed by atoms with Gasteiger partial charge in [-0.15, -0.1) is 0 Å². The van der Waals surface area contributed by atoms with Crippen molar-refractivity contribution in [2.24, 2.45) is 0 Å². The van der Waals surface area contributed by atoms with E-state index in [2.05, 4.69) is 15.6 Å². The molecule has 0 amide bonds. The molecule has 1 fully saturated rings. The molecular weight excluding hydrogens is 339 g/mol. The predicted molar refractivity (Wildman–Crippen MR) is 107 cm³/mol. The minimum Gasteiger partial charge on any atom is -0.366 e. The molecule has 0 bridgehead atoms. The first kappa shape index (κ1) is 17.5. The van der Waals surface area contributed by atoms with E-state index < -0.39 is 0 Å². The van der Waals surface area contributed by atoms with E-state index in [1.54, 1.807) is 12.1 Å². The van der Waals surface area contributed by atoms with E-state index in [0.717, 1.165) is 35.5 Å². The number of nitrogens with one attached hydrogen (secondary N) is 2. The highest BCUT2D eigenvalue weighted by molar-refractivity contribution is 5.64. The molecule has 27 heavy (non-hydrogen) atoms. The predicted octanol–water partition coefficient (Wildman–Crippen LogP) is 5.25. The Kier molecular flexibility index (Phi) is 5.28. The van der Waals surface area contributed by atoms with Gasteiger partial charge in [0.2, 0.25) is 5.95 Å². The molecule has 5 heteroatoms. The zero-order valence-electron chi connectivity index (χ0n) is 15.2. The lowest BCUT2D eigenvalue weighted by Crippen LogP contribution is -2.17. The number of hydrogen-bond acceptors (Lipinski definition) is 4. The van der Waals surface area contributed by atoms with Crippen molar-refractivity contribution in [3.8, 4) is 11.3 Å². The van der Waals surface area contributed by atoms with E-state index in [1.165, 1.54) is 25.0 Å². The number of benzene rings is 2. The third kappa shape index (κ3) is 4.61. The lowest BCUT2D eigenvalue weighted by Gasteiger charge is -2.15. The van der Waals surface area contributed by atoms with Gasteiger partial charge in [-0.1, -0.05) is 55.3 Å². The van der Waals surface area contributed by atoms with Gasteiger partial charge in [-0.2, -0.15) is 4.98 Å². The third-order valence-electron chi connectivity index (χ3n) is 4.87. The maximum atomic E-state index is 13.1. The SMILES string of the molecule is Fc1ccc(CNc2cc(-c3ccccc3)nc(NC3CCCC3)n2)cc1. The molecule has 4 nitrogen and oxygen atoms in total. The molecule has 1 aromatic heterocycles. The first-order chi connectivity index (χ1) is 13.3. The van der Waals surface area contributed by atoms with Crippen molar-refractivity contribution in [3.63, 3.8) is 0 Å². The Bertz CT molecular complexity index is 875. The largest absolute Gasteiger partial charge is 0.366 e. The molecule has 138 valence electrons. The molecule has 0 saturated heterocycles. The van der Waals surface area contributed by atoms with Gasteiger partial charge < -0.3 is 10.6 Å². The zero-order chi connectivity index (χ0) is 18.5. The van der Waals surface area contributed by atoms with Crippen LogP contribution in [-0.2, 0) is 6.54 Å². The van der Waals surface area contributed by atoms with E-state index in [9.17, 15) is 4.39 Å². The molecule has 2 aromatic carbocycles. The minimum absolute atomic E-state index is 0.227. The highest BCUT2D eigenvalue weighted by Gasteiger charge is 2.16. The summed E-state index contributed by atoms with van der Waals surface area (Å²) in [6.07, 6.45) is 4.84. The Hall–Kier alpha value is -2.95. The van der Waals surface area contributed by atoms with Gasteiger partial charge >= 0.3 is 0 Å². The first-order valence-electron chi connectivity index (χ1n) is 9.46. The van der Waals surface area contributed by atoms with Gasteiger partial charge in [-0.25, -0.2) is 9.37 Å². The third-order valence-corrected chi connectivity index (χ3v) is 4.87. The van der Waals surface area contributed by atoms with Crippen molar-refractivity contribution in [1.29, 1.82) is 0 Å². The minimum atomic E-state index is -0.227. The second-order valence-corrected chi connectivity index (χ2v) is 6.93. The number of nitrogens with zero attached hydrogens (tertiary/aromatic N) is 2. The summed E-state index contributed by atoms with van der Waals surface area (Å²) in [6.45, 7) is 0.578. The molecule has 0 aliphatic heterocycles. The van der Waals surface area contributed by atoms with Gasteiger partial charge in [0, 0.05) is 24.2 Å². The Balaban J connectivity index is 1.57. The first-order valence-corrected chi connectivity index (χ1v) is 9.46. The maximum Gasteiger partial charge on any atom is 0.225 e.